The van der Waals surface area contributed by atoms with Crippen LogP contribution in [0.3, 0.4) is 0 Å². The molecule has 182 valence electrons. The van der Waals surface area contributed by atoms with Crippen molar-refractivity contribution in [2.45, 2.75) is 56.1 Å². The highest BCUT2D eigenvalue weighted by molar-refractivity contribution is 7.99. The standard InChI is InChI=1S/C27H30N4O3S/c1-34-23-14-12-19(13-15-23)26-28-29-27(31(26)21-8-3-2-4-9-21)35-18-24(32)20-7-5-10-22(17-20)30-16-6-11-25(30)33/h5,7,10,12-15,17,21H,2-4,6,8-9,11,16,18H2,1H3. The maximum Gasteiger partial charge on any atom is 0.227 e. The molecule has 8 heteroatoms. The Labute approximate surface area is 209 Å². The van der Waals surface area contributed by atoms with Gasteiger partial charge >= 0.3 is 0 Å². The number of hydrogen-bond acceptors (Lipinski definition) is 6. The predicted molar refractivity (Wildman–Crippen MR) is 137 cm³/mol. The van der Waals surface area contributed by atoms with Crippen LogP contribution in [0.4, 0.5) is 5.69 Å². The molecule has 35 heavy (non-hydrogen) atoms. The van der Waals surface area contributed by atoms with Gasteiger partial charge in [0.15, 0.2) is 16.8 Å². The highest BCUT2D eigenvalue weighted by atomic mass is 32.2. The Morgan fingerprint density at radius 1 is 1.06 bits per heavy atom. The molecule has 2 heterocycles. The van der Waals surface area contributed by atoms with Gasteiger partial charge < -0.3 is 9.64 Å². The van der Waals surface area contributed by atoms with Crippen molar-refractivity contribution in [3.05, 3.63) is 54.1 Å². The second kappa shape index (κ2) is 10.6. The fraction of sp³-hybridized carbons (Fsp3) is 0.407. The minimum atomic E-state index is 0.0210. The van der Waals surface area contributed by atoms with Crippen LogP contribution in [0.15, 0.2) is 53.7 Å². The Morgan fingerprint density at radius 2 is 1.86 bits per heavy atom. The first-order chi connectivity index (χ1) is 17.1. The third-order valence-electron chi connectivity index (χ3n) is 6.84. The number of benzene rings is 2. The third-order valence-corrected chi connectivity index (χ3v) is 7.78. The van der Waals surface area contributed by atoms with Crippen LogP contribution in [0.5, 0.6) is 5.75 Å². The fourth-order valence-corrected chi connectivity index (χ4v) is 5.86. The molecule has 0 unspecified atom stereocenters. The number of carbonyl (C=O) groups is 2. The van der Waals surface area contributed by atoms with Gasteiger partial charge in [-0.25, -0.2) is 0 Å². The van der Waals surface area contributed by atoms with E-state index in [1.165, 1.54) is 31.0 Å². The first-order valence-electron chi connectivity index (χ1n) is 12.3. The molecule has 0 spiro atoms. The fourth-order valence-electron chi connectivity index (χ4n) is 4.96. The average Bonchev–Trinajstić information content (AvgIpc) is 3.54. The van der Waals surface area contributed by atoms with Crippen molar-refractivity contribution in [3.63, 3.8) is 0 Å². The summed E-state index contributed by atoms with van der Waals surface area (Å²) in [6.07, 6.45) is 7.25. The smallest absolute Gasteiger partial charge is 0.227 e. The largest absolute Gasteiger partial charge is 0.497 e. The first kappa shape index (κ1) is 23.6. The summed E-state index contributed by atoms with van der Waals surface area (Å²) in [5.74, 6) is 2.05. The van der Waals surface area contributed by atoms with Crippen molar-refractivity contribution in [2.24, 2.45) is 0 Å². The van der Waals surface area contributed by atoms with E-state index in [1.807, 2.05) is 48.5 Å². The van der Waals surface area contributed by atoms with Crippen LogP contribution in [-0.2, 0) is 4.79 Å². The Balaban J connectivity index is 1.36. The summed E-state index contributed by atoms with van der Waals surface area (Å²) in [6, 6.07) is 15.6. The van der Waals surface area contributed by atoms with Gasteiger partial charge in [-0.2, -0.15) is 0 Å². The van der Waals surface area contributed by atoms with Gasteiger partial charge in [0.05, 0.1) is 12.9 Å². The van der Waals surface area contributed by atoms with Crippen LogP contribution in [0, 0.1) is 0 Å². The summed E-state index contributed by atoms with van der Waals surface area (Å²) in [7, 11) is 1.66. The quantitative estimate of drug-likeness (QED) is 0.304. The number of methoxy groups -OCH3 is 1. The van der Waals surface area contributed by atoms with Crippen LogP contribution < -0.4 is 9.64 Å². The van der Waals surface area contributed by atoms with Crippen LogP contribution in [-0.4, -0.2) is 45.9 Å². The van der Waals surface area contributed by atoms with E-state index in [0.717, 1.165) is 47.2 Å². The number of ether oxygens (including phenoxy) is 1. The monoisotopic (exact) mass is 490 g/mol. The zero-order chi connectivity index (χ0) is 24.2. The van der Waals surface area contributed by atoms with Gasteiger partial charge in [0.1, 0.15) is 5.75 Å². The molecule has 1 saturated carbocycles. The van der Waals surface area contributed by atoms with E-state index in [1.54, 1.807) is 12.0 Å². The molecule has 1 saturated heterocycles. The van der Waals surface area contributed by atoms with Crippen LogP contribution in [0.1, 0.15) is 61.3 Å². The maximum atomic E-state index is 13.1. The Bertz CT molecular complexity index is 1200. The molecule has 2 aliphatic rings. The predicted octanol–water partition coefficient (Wildman–Crippen LogP) is 5.56. The number of amides is 1. The zero-order valence-electron chi connectivity index (χ0n) is 20.0. The minimum absolute atomic E-state index is 0.0210. The third kappa shape index (κ3) is 5.12. The highest BCUT2D eigenvalue weighted by Gasteiger charge is 2.25. The molecule has 5 rings (SSSR count). The van der Waals surface area contributed by atoms with Crippen molar-refractivity contribution in [3.8, 4) is 17.1 Å². The molecular formula is C27H30N4O3S. The molecule has 0 radical (unpaired) electrons. The summed E-state index contributed by atoms with van der Waals surface area (Å²) in [5.41, 5.74) is 2.41. The lowest BCUT2D eigenvalue weighted by Crippen LogP contribution is -2.23. The maximum absolute atomic E-state index is 13.1. The lowest BCUT2D eigenvalue weighted by Gasteiger charge is -2.25. The van der Waals surface area contributed by atoms with Gasteiger partial charge in [-0.3, -0.25) is 14.2 Å². The van der Waals surface area contributed by atoms with Gasteiger partial charge in [0.2, 0.25) is 5.91 Å². The number of carbonyl (C=O) groups excluding carboxylic acids is 2. The minimum Gasteiger partial charge on any atom is -0.497 e. The molecule has 1 aliphatic carbocycles. The van der Waals surface area contributed by atoms with E-state index in [2.05, 4.69) is 14.8 Å². The van der Waals surface area contributed by atoms with E-state index >= 15 is 0 Å². The first-order valence-corrected chi connectivity index (χ1v) is 13.3. The molecule has 0 bridgehead atoms. The summed E-state index contributed by atoms with van der Waals surface area (Å²) in [5, 5.41) is 9.82. The second-order valence-corrected chi connectivity index (χ2v) is 10.1. The van der Waals surface area contributed by atoms with Gasteiger partial charge in [-0.15, -0.1) is 10.2 Å². The van der Waals surface area contributed by atoms with Gasteiger partial charge in [-0.1, -0.05) is 43.2 Å². The normalized spacial score (nSPS) is 16.6. The number of aromatic nitrogens is 3. The van der Waals surface area contributed by atoms with Gasteiger partial charge in [-0.05, 0) is 55.7 Å². The van der Waals surface area contributed by atoms with Crippen molar-refractivity contribution in [1.29, 1.82) is 0 Å². The summed E-state index contributed by atoms with van der Waals surface area (Å²) in [6.45, 7) is 0.712. The Kier molecular flexibility index (Phi) is 7.18. The van der Waals surface area contributed by atoms with Crippen LogP contribution >= 0.6 is 11.8 Å². The van der Waals surface area contributed by atoms with Crippen molar-refractivity contribution in [2.75, 3.05) is 24.3 Å². The van der Waals surface area contributed by atoms with Crippen molar-refractivity contribution < 1.29 is 14.3 Å². The molecule has 1 aromatic heterocycles. The number of nitrogens with zero attached hydrogens (tertiary/aromatic N) is 4. The zero-order valence-corrected chi connectivity index (χ0v) is 20.8. The second-order valence-electron chi connectivity index (χ2n) is 9.11. The molecule has 3 aromatic rings. The number of hydrogen-bond donors (Lipinski definition) is 0. The number of anilines is 1. The van der Waals surface area contributed by atoms with Crippen molar-refractivity contribution >= 4 is 29.1 Å². The SMILES string of the molecule is COc1ccc(-c2nnc(SCC(=O)c3cccc(N4CCCC4=O)c3)n2C2CCCCC2)cc1. The number of thioether (sulfide) groups is 1. The topological polar surface area (TPSA) is 77.3 Å². The molecule has 2 aromatic carbocycles. The van der Waals surface area contributed by atoms with E-state index in [-0.39, 0.29) is 17.4 Å². The molecule has 7 nitrogen and oxygen atoms in total. The highest BCUT2D eigenvalue weighted by Crippen LogP contribution is 2.36. The molecule has 0 N–H and O–H groups in total. The van der Waals surface area contributed by atoms with Gasteiger partial charge in [0, 0.05) is 35.8 Å². The van der Waals surface area contributed by atoms with Crippen LogP contribution in [0.25, 0.3) is 11.4 Å². The van der Waals surface area contributed by atoms with E-state index in [4.69, 9.17) is 4.74 Å². The molecular weight excluding hydrogens is 460 g/mol. The molecule has 0 atom stereocenters. The molecule has 1 amide bonds. The molecule has 1 aliphatic heterocycles. The lowest BCUT2D eigenvalue weighted by atomic mass is 9.95. The van der Waals surface area contributed by atoms with E-state index in [0.29, 0.717) is 24.6 Å². The average molecular weight is 491 g/mol. The number of rotatable bonds is 8. The summed E-state index contributed by atoms with van der Waals surface area (Å²) >= 11 is 1.44. The van der Waals surface area contributed by atoms with E-state index < -0.39 is 0 Å². The Hall–Kier alpha value is -3.13. The summed E-state index contributed by atoms with van der Waals surface area (Å²) < 4.78 is 7.54. The number of ketones is 1. The molecule has 2 fully saturated rings. The Morgan fingerprint density at radius 3 is 2.57 bits per heavy atom. The van der Waals surface area contributed by atoms with Crippen molar-refractivity contribution in [1.82, 2.24) is 14.8 Å². The lowest BCUT2D eigenvalue weighted by molar-refractivity contribution is -0.117. The number of Topliss-reactive ketones (excluding diaryl/α,β-unsaturated/α-hetero) is 1. The van der Waals surface area contributed by atoms with Crippen LogP contribution in [0.2, 0.25) is 0 Å². The van der Waals surface area contributed by atoms with E-state index in [9.17, 15) is 9.59 Å². The summed E-state index contributed by atoms with van der Waals surface area (Å²) in [4.78, 5) is 27.0. The van der Waals surface area contributed by atoms with Gasteiger partial charge in [0.25, 0.3) is 0 Å².